The minimum absolute atomic E-state index is 0.0968. The third-order valence-corrected chi connectivity index (χ3v) is 5.39. The molecule has 3 aromatic carbocycles. The Morgan fingerprint density at radius 3 is 2.50 bits per heavy atom. The average molecular weight is 450 g/mol. The molecule has 2 N–H and O–H groups in total. The van der Waals surface area contributed by atoms with Gasteiger partial charge in [0.15, 0.2) is 0 Å². The van der Waals surface area contributed by atoms with Gasteiger partial charge in [-0.2, -0.15) is 0 Å². The third-order valence-electron chi connectivity index (χ3n) is 5.07. The van der Waals surface area contributed by atoms with Crippen molar-refractivity contribution in [2.24, 2.45) is 5.73 Å². The van der Waals surface area contributed by atoms with E-state index in [1.54, 1.807) is 0 Å². The van der Waals surface area contributed by atoms with E-state index < -0.39 is 0 Å². The fourth-order valence-corrected chi connectivity index (χ4v) is 3.88. The summed E-state index contributed by atoms with van der Waals surface area (Å²) < 4.78 is 13.8. The number of hydrogen-bond acceptors (Lipinski definition) is 4. The second-order valence-corrected chi connectivity index (χ2v) is 8.36. The second-order valence-electron chi connectivity index (χ2n) is 7.96. The standard InChI is InChI=1S/C26H28ClN3O2/c1-18(2)32-21-10-12-25-24(16-21)29-26(30(25)17-19-7-4-3-5-8-19)22-11-9-20(15-23(22)27)31-14-6-13-28/h3-5,7-12,15-16,18H,6,13-14,17,28H2,1-2H3. The topological polar surface area (TPSA) is 62.3 Å². The summed E-state index contributed by atoms with van der Waals surface area (Å²) in [5.41, 5.74) is 9.49. The fourth-order valence-electron chi connectivity index (χ4n) is 3.63. The number of fused-ring (bicyclic) bond motifs is 1. The summed E-state index contributed by atoms with van der Waals surface area (Å²) in [6, 6.07) is 22.1. The predicted molar refractivity (Wildman–Crippen MR) is 131 cm³/mol. The Kier molecular flexibility index (Phi) is 6.98. The summed E-state index contributed by atoms with van der Waals surface area (Å²) in [4.78, 5) is 4.95. The molecule has 0 fully saturated rings. The smallest absolute Gasteiger partial charge is 0.142 e. The molecular formula is C26H28ClN3O2. The van der Waals surface area contributed by atoms with Crippen LogP contribution in [-0.2, 0) is 6.54 Å². The summed E-state index contributed by atoms with van der Waals surface area (Å²) in [7, 11) is 0. The van der Waals surface area contributed by atoms with Crippen LogP contribution in [-0.4, -0.2) is 28.8 Å². The molecule has 5 nitrogen and oxygen atoms in total. The van der Waals surface area contributed by atoms with Crippen molar-refractivity contribution in [1.29, 1.82) is 0 Å². The lowest BCUT2D eigenvalue weighted by Gasteiger charge is -2.13. The number of imidazole rings is 1. The van der Waals surface area contributed by atoms with Crippen molar-refractivity contribution in [1.82, 2.24) is 9.55 Å². The molecule has 0 unspecified atom stereocenters. The second kappa shape index (κ2) is 10.1. The zero-order valence-electron chi connectivity index (χ0n) is 18.4. The fraction of sp³-hybridized carbons (Fsp3) is 0.269. The van der Waals surface area contributed by atoms with Crippen LogP contribution >= 0.6 is 11.6 Å². The highest BCUT2D eigenvalue weighted by Gasteiger charge is 2.17. The Balaban J connectivity index is 1.77. The molecule has 0 aliphatic rings. The molecule has 0 bridgehead atoms. The van der Waals surface area contributed by atoms with Crippen LogP contribution in [0.2, 0.25) is 5.02 Å². The molecule has 1 aromatic heterocycles. The van der Waals surface area contributed by atoms with E-state index in [4.69, 9.17) is 31.8 Å². The Labute approximate surface area is 193 Å². The summed E-state index contributed by atoms with van der Waals surface area (Å²) in [5, 5.41) is 0.596. The minimum atomic E-state index is 0.0968. The Morgan fingerprint density at radius 1 is 1.00 bits per heavy atom. The lowest BCUT2D eigenvalue weighted by atomic mass is 10.2. The van der Waals surface area contributed by atoms with Crippen LogP contribution in [0.1, 0.15) is 25.8 Å². The molecule has 0 atom stereocenters. The van der Waals surface area contributed by atoms with Crippen molar-refractivity contribution in [3.63, 3.8) is 0 Å². The van der Waals surface area contributed by atoms with E-state index in [1.165, 1.54) is 5.56 Å². The Hall–Kier alpha value is -3.02. The zero-order chi connectivity index (χ0) is 22.5. The molecule has 1 heterocycles. The van der Waals surface area contributed by atoms with Crippen LogP contribution in [0.4, 0.5) is 0 Å². The van der Waals surface area contributed by atoms with E-state index in [-0.39, 0.29) is 6.10 Å². The average Bonchev–Trinajstić information content (AvgIpc) is 3.11. The highest BCUT2D eigenvalue weighted by atomic mass is 35.5. The number of benzene rings is 3. The van der Waals surface area contributed by atoms with Crippen molar-refractivity contribution in [3.8, 4) is 22.9 Å². The van der Waals surface area contributed by atoms with Crippen molar-refractivity contribution in [2.75, 3.05) is 13.2 Å². The first-order valence-electron chi connectivity index (χ1n) is 10.9. The molecular weight excluding hydrogens is 422 g/mol. The van der Waals surface area contributed by atoms with Crippen LogP contribution in [0.25, 0.3) is 22.4 Å². The minimum Gasteiger partial charge on any atom is -0.493 e. The largest absolute Gasteiger partial charge is 0.493 e. The highest BCUT2D eigenvalue weighted by molar-refractivity contribution is 6.33. The summed E-state index contributed by atoms with van der Waals surface area (Å²) in [6.45, 7) is 5.87. The van der Waals surface area contributed by atoms with Gasteiger partial charge in [-0.1, -0.05) is 41.9 Å². The van der Waals surface area contributed by atoms with Gasteiger partial charge in [0.05, 0.1) is 28.8 Å². The first-order chi connectivity index (χ1) is 15.5. The number of ether oxygens (including phenoxy) is 2. The van der Waals surface area contributed by atoms with Crippen molar-refractivity contribution >= 4 is 22.6 Å². The van der Waals surface area contributed by atoms with Gasteiger partial charge in [-0.25, -0.2) is 4.98 Å². The normalized spacial score (nSPS) is 11.3. The third kappa shape index (κ3) is 5.06. The van der Waals surface area contributed by atoms with E-state index in [1.807, 2.05) is 62.4 Å². The van der Waals surface area contributed by atoms with Gasteiger partial charge >= 0.3 is 0 Å². The van der Waals surface area contributed by atoms with E-state index in [0.29, 0.717) is 24.7 Å². The van der Waals surface area contributed by atoms with Gasteiger partial charge in [0.1, 0.15) is 17.3 Å². The van der Waals surface area contributed by atoms with Crippen LogP contribution in [0.5, 0.6) is 11.5 Å². The SMILES string of the molecule is CC(C)Oc1ccc2c(c1)nc(-c1ccc(OCCCN)cc1Cl)n2Cc1ccccc1. The van der Waals surface area contributed by atoms with E-state index in [9.17, 15) is 0 Å². The van der Waals surface area contributed by atoms with E-state index in [0.717, 1.165) is 40.3 Å². The van der Waals surface area contributed by atoms with Crippen molar-refractivity contribution in [2.45, 2.75) is 32.9 Å². The van der Waals surface area contributed by atoms with Gasteiger partial charge in [0.25, 0.3) is 0 Å². The maximum Gasteiger partial charge on any atom is 0.142 e. The lowest BCUT2D eigenvalue weighted by molar-refractivity contribution is 0.242. The van der Waals surface area contributed by atoms with Gasteiger partial charge in [0.2, 0.25) is 0 Å². The van der Waals surface area contributed by atoms with Crippen LogP contribution in [0, 0.1) is 0 Å². The number of aromatic nitrogens is 2. The van der Waals surface area contributed by atoms with E-state index >= 15 is 0 Å². The maximum absolute atomic E-state index is 6.70. The number of halogens is 1. The Bertz CT molecular complexity index is 1190. The molecule has 4 rings (SSSR count). The molecule has 6 heteroatoms. The number of rotatable bonds is 9. The summed E-state index contributed by atoms with van der Waals surface area (Å²) >= 11 is 6.70. The van der Waals surface area contributed by atoms with Crippen LogP contribution in [0.3, 0.4) is 0 Å². The molecule has 0 spiro atoms. The molecule has 0 saturated carbocycles. The quantitative estimate of drug-likeness (QED) is 0.322. The zero-order valence-corrected chi connectivity index (χ0v) is 19.2. The number of nitrogens with two attached hydrogens (primary N) is 1. The summed E-state index contributed by atoms with van der Waals surface area (Å²) in [5.74, 6) is 2.34. The molecule has 4 aromatic rings. The van der Waals surface area contributed by atoms with Crippen molar-refractivity contribution in [3.05, 3.63) is 77.3 Å². The van der Waals surface area contributed by atoms with E-state index in [2.05, 4.69) is 22.8 Å². The van der Waals surface area contributed by atoms with Gasteiger partial charge in [-0.15, -0.1) is 0 Å². The molecule has 0 radical (unpaired) electrons. The molecule has 0 aliphatic heterocycles. The van der Waals surface area contributed by atoms with Crippen LogP contribution < -0.4 is 15.2 Å². The molecule has 166 valence electrons. The highest BCUT2D eigenvalue weighted by Crippen LogP contribution is 2.34. The Morgan fingerprint density at radius 2 is 1.78 bits per heavy atom. The van der Waals surface area contributed by atoms with Gasteiger partial charge in [-0.3, -0.25) is 0 Å². The first-order valence-corrected chi connectivity index (χ1v) is 11.3. The molecule has 0 amide bonds. The summed E-state index contributed by atoms with van der Waals surface area (Å²) in [6.07, 6.45) is 0.895. The number of hydrogen-bond donors (Lipinski definition) is 1. The van der Waals surface area contributed by atoms with Crippen molar-refractivity contribution < 1.29 is 9.47 Å². The lowest BCUT2D eigenvalue weighted by Crippen LogP contribution is -2.06. The van der Waals surface area contributed by atoms with Gasteiger partial charge < -0.3 is 19.8 Å². The van der Waals surface area contributed by atoms with Gasteiger partial charge in [-0.05, 0) is 62.7 Å². The maximum atomic E-state index is 6.70. The van der Waals surface area contributed by atoms with Crippen LogP contribution in [0.15, 0.2) is 66.7 Å². The number of nitrogens with zero attached hydrogens (tertiary/aromatic N) is 2. The monoisotopic (exact) mass is 449 g/mol. The first kappa shape index (κ1) is 22.2. The molecule has 0 aliphatic carbocycles. The predicted octanol–water partition coefficient (Wildman–Crippen LogP) is 5.92. The molecule has 32 heavy (non-hydrogen) atoms. The van der Waals surface area contributed by atoms with Gasteiger partial charge in [0, 0.05) is 18.2 Å². The molecule has 0 saturated heterocycles.